The van der Waals surface area contributed by atoms with Crippen molar-refractivity contribution in [3.05, 3.63) is 77.0 Å². The topological polar surface area (TPSA) is 59.9 Å². The van der Waals surface area contributed by atoms with Crippen molar-refractivity contribution in [2.24, 2.45) is 7.05 Å². The maximum atomic E-state index is 13.4. The average Bonchev–Trinajstić information content (AvgIpc) is 3.06. The average molecular weight is 353 g/mol. The molecule has 0 spiro atoms. The van der Waals surface area contributed by atoms with Gasteiger partial charge in [-0.2, -0.15) is 0 Å². The lowest BCUT2D eigenvalue weighted by molar-refractivity contribution is 0.449. The molecule has 0 saturated heterocycles. The molecule has 7 heteroatoms. The Morgan fingerprint density at radius 3 is 2.77 bits per heavy atom. The summed E-state index contributed by atoms with van der Waals surface area (Å²) in [5.41, 5.74) is 1.66. The van der Waals surface area contributed by atoms with Crippen LogP contribution in [0.15, 0.2) is 59.8 Å². The first-order valence-electron chi connectivity index (χ1n) is 7.79. The highest BCUT2D eigenvalue weighted by atomic mass is 19.2. The molecule has 1 aromatic carbocycles. The molecule has 0 aliphatic heterocycles. The van der Waals surface area contributed by atoms with Crippen LogP contribution in [-0.4, -0.2) is 14.5 Å². The Labute approximate surface area is 146 Å². The maximum Gasteiger partial charge on any atom is 0.274 e. The van der Waals surface area contributed by atoms with Crippen molar-refractivity contribution >= 4 is 10.9 Å². The minimum Gasteiger partial charge on any atom is -0.438 e. The molecule has 0 unspecified atom stereocenters. The van der Waals surface area contributed by atoms with E-state index in [1.165, 1.54) is 16.8 Å². The minimum absolute atomic E-state index is 0.125. The van der Waals surface area contributed by atoms with E-state index in [1.807, 2.05) is 6.07 Å². The molecule has 4 aromatic rings. The standard InChI is InChI=1S/C19H13F2N3O2/c1-24-8-6-12-14(10-23-17(12)19(24)25)13-3-2-7-22-18(13)26-11-4-5-15(20)16(21)9-11/h2-10,23H,1H3. The number of fused-ring (bicyclic) bond motifs is 1. The predicted molar refractivity (Wildman–Crippen MR) is 93.2 cm³/mol. The Morgan fingerprint density at radius 2 is 1.96 bits per heavy atom. The first kappa shape index (κ1) is 16.0. The second-order valence-electron chi connectivity index (χ2n) is 5.76. The normalized spacial score (nSPS) is 11.0. The fraction of sp³-hybridized carbons (Fsp3) is 0.0526. The van der Waals surface area contributed by atoms with Crippen LogP contribution in [0.1, 0.15) is 0 Å². The zero-order valence-corrected chi connectivity index (χ0v) is 13.7. The number of hydrogen-bond donors (Lipinski definition) is 1. The summed E-state index contributed by atoms with van der Waals surface area (Å²) >= 11 is 0. The van der Waals surface area contributed by atoms with Crippen molar-refractivity contribution < 1.29 is 13.5 Å². The lowest BCUT2D eigenvalue weighted by Gasteiger charge is -2.10. The van der Waals surface area contributed by atoms with Crippen molar-refractivity contribution in [3.63, 3.8) is 0 Å². The molecule has 0 aliphatic rings. The van der Waals surface area contributed by atoms with Gasteiger partial charge in [-0.15, -0.1) is 0 Å². The van der Waals surface area contributed by atoms with Crippen LogP contribution in [0.25, 0.3) is 22.0 Å². The van der Waals surface area contributed by atoms with Gasteiger partial charge in [0.2, 0.25) is 5.88 Å². The number of hydrogen-bond acceptors (Lipinski definition) is 3. The molecule has 1 N–H and O–H groups in total. The molecule has 3 aromatic heterocycles. The van der Waals surface area contributed by atoms with Crippen LogP contribution in [-0.2, 0) is 7.05 Å². The fourth-order valence-corrected chi connectivity index (χ4v) is 2.77. The Kier molecular flexibility index (Phi) is 3.76. The number of ether oxygens (including phenoxy) is 1. The highest BCUT2D eigenvalue weighted by Gasteiger charge is 2.15. The smallest absolute Gasteiger partial charge is 0.274 e. The second-order valence-corrected chi connectivity index (χ2v) is 5.76. The number of aromatic nitrogens is 3. The van der Waals surface area contributed by atoms with Crippen LogP contribution < -0.4 is 10.3 Å². The highest BCUT2D eigenvalue weighted by Crippen LogP contribution is 2.35. The van der Waals surface area contributed by atoms with Gasteiger partial charge in [-0.1, -0.05) is 0 Å². The quantitative estimate of drug-likeness (QED) is 0.606. The van der Waals surface area contributed by atoms with E-state index >= 15 is 0 Å². The monoisotopic (exact) mass is 353 g/mol. The zero-order chi connectivity index (χ0) is 18.3. The van der Waals surface area contributed by atoms with Crippen molar-refractivity contribution in [2.45, 2.75) is 0 Å². The molecule has 0 saturated carbocycles. The van der Waals surface area contributed by atoms with Gasteiger partial charge >= 0.3 is 0 Å². The Hall–Kier alpha value is -3.48. The van der Waals surface area contributed by atoms with Crippen LogP contribution in [0.2, 0.25) is 0 Å². The summed E-state index contributed by atoms with van der Waals surface area (Å²) in [5.74, 6) is -1.61. The van der Waals surface area contributed by atoms with E-state index < -0.39 is 11.6 Å². The van der Waals surface area contributed by atoms with E-state index in [-0.39, 0.29) is 17.2 Å². The van der Waals surface area contributed by atoms with E-state index in [1.54, 1.807) is 31.6 Å². The summed E-state index contributed by atoms with van der Waals surface area (Å²) in [6.45, 7) is 0. The van der Waals surface area contributed by atoms with Gasteiger partial charge in [-0.3, -0.25) is 4.79 Å². The Bertz CT molecular complexity index is 1180. The summed E-state index contributed by atoms with van der Waals surface area (Å²) < 4.78 is 33.7. The molecule has 130 valence electrons. The van der Waals surface area contributed by atoms with Crippen LogP contribution in [0, 0.1) is 11.6 Å². The van der Waals surface area contributed by atoms with E-state index in [0.29, 0.717) is 11.1 Å². The van der Waals surface area contributed by atoms with Crippen molar-refractivity contribution in [1.82, 2.24) is 14.5 Å². The first-order valence-corrected chi connectivity index (χ1v) is 7.79. The van der Waals surface area contributed by atoms with Gasteiger partial charge in [-0.25, -0.2) is 13.8 Å². The summed E-state index contributed by atoms with van der Waals surface area (Å²) in [6, 6.07) is 8.59. The molecule has 0 radical (unpaired) electrons. The molecule has 4 rings (SSSR count). The van der Waals surface area contributed by atoms with Gasteiger partial charge in [0.25, 0.3) is 5.56 Å². The van der Waals surface area contributed by atoms with Gasteiger partial charge in [0.1, 0.15) is 11.3 Å². The molecular weight excluding hydrogens is 340 g/mol. The van der Waals surface area contributed by atoms with Crippen LogP contribution >= 0.6 is 0 Å². The maximum absolute atomic E-state index is 13.4. The fourth-order valence-electron chi connectivity index (χ4n) is 2.77. The molecule has 0 aliphatic carbocycles. The van der Waals surface area contributed by atoms with Crippen molar-refractivity contribution in [1.29, 1.82) is 0 Å². The number of rotatable bonds is 3. The van der Waals surface area contributed by atoms with Gasteiger partial charge in [0.15, 0.2) is 11.6 Å². The summed E-state index contributed by atoms with van der Waals surface area (Å²) in [7, 11) is 1.67. The van der Waals surface area contributed by atoms with E-state index in [4.69, 9.17) is 4.74 Å². The molecule has 0 amide bonds. The number of pyridine rings is 2. The largest absolute Gasteiger partial charge is 0.438 e. The van der Waals surface area contributed by atoms with Crippen molar-refractivity contribution in [3.8, 4) is 22.8 Å². The molecule has 26 heavy (non-hydrogen) atoms. The molecular formula is C19H13F2N3O2. The van der Waals surface area contributed by atoms with E-state index in [9.17, 15) is 13.6 Å². The van der Waals surface area contributed by atoms with Gasteiger partial charge in [0.05, 0.1) is 0 Å². The summed E-state index contributed by atoms with van der Waals surface area (Å²) in [6.07, 6.45) is 4.90. The number of nitrogens with one attached hydrogen (secondary N) is 1. The lowest BCUT2D eigenvalue weighted by Crippen LogP contribution is -2.15. The summed E-state index contributed by atoms with van der Waals surface area (Å²) in [5, 5.41) is 0.719. The van der Waals surface area contributed by atoms with Crippen LogP contribution in [0.5, 0.6) is 11.6 Å². The molecule has 5 nitrogen and oxygen atoms in total. The zero-order valence-electron chi connectivity index (χ0n) is 13.7. The number of aromatic amines is 1. The molecule has 3 heterocycles. The van der Waals surface area contributed by atoms with Crippen LogP contribution in [0.3, 0.4) is 0 Å². The van der Waals surface area contributed by atoms with Gasteiger partial charge in [-0.05, 0) is 30.3 Å². The number of aryl methyl sites for hydroxylation is 1. The van der Waals surface area contributed by atoms with Crippen LogP contribution in [0.4, 0.5) is 8.78 Å². The third-order valence-electron chi connectivity index (χ3n) is 4.09. The third kappa shape index (κ3) is 2.63. The highest BCUT2D eigenvalue weighted by molar-refractivity contribution is 5.96. The molecule has 0 fully saturated rings. The predicted octanol–water partition coefficient (Wildman–Crippen LogP) is 4.00. The Morgan fingerprint density at radius 1 is 1.12 bits per heavy atom. The molecule has 0 bridgehead atoms. The number of halogens is 2. The van der Waals surface area contributed by atoms with E-state index in [2.05, 4.69) is 9.97 Å². The first-order chi connectivity index (χ1) is 12.5. The van der Waals surface area contributed by atoms with Crippen molar-refractivity contribution in [2.75, 3.05) is 0 Å². The number of H-pyrrole nitrogens is 1. The van der Waals surface area contributed by atoms with Gasteiger partial charge in [0, 0.05) is 48.2 Å². The number of nitrogens with zero attached hydrogens (tertiary/aromatic N) is 2. The SMILES string of the molecule is Cn1ccc2c(-c3cccnc3Oc3ccc(F)c(F)c3)c[nH]c2c1=O. The third-order valence-corrected chi connectivity index (χ3v) is 4.09. The second kappa shape index (κ2) is 6.11. The van der Waals surface area contributed by atoms with E-state index in [0.717, 1.165) is 23.1 Å². The lowest BCUT2D eigenvalue weighted by atomic mass is 10.1. The number of benzene rings is 1. The van der Waals surface area contributed by atoms with Gasteiger partial charge < -0.3 is 14.3 Å². The molecule has 0 atom stereocenters. The summed E-state index contributed by atoms with van der Waals surface area (Å²) in [4.78, 5) is 19.4. The minimum atomic E-state index is -1.00. The Balaban J connectivity index is 1.83.